The minimum atomic E-state index is -3.07. The summed E-state index contributed by atoms with van der Waals surface area (Å²) in [6, 6.07) is 7.27. The normalized spacial score (nSPS) is 23.2. The van der Waals surface area contributed by atoms with Gasteiger partial charge in [-0.05, 0) is 44.4 Å². The second kappa shape index (κ2) is 7.54. The van der Waals surface area contributed by atoms with Gasteiger partial charge in [-0.2, -0.15) is 5.10 Å². The minimum absolute atomic E-state index is 0.0271. The Kier molecular flexibility index (Phi) is 5.17. The smallest absolute Gasteiger partial charge is 0.230 e. The van der Waals surface area contributed by atoms with Crippen LogP contribution in [0.2, 0.25) is 0 Å². The van der Waals surface area contributed by atoms with E-state index in [1.165, 1.54) is 0 Å². The monoisotopic (exact) mass is 430 g/mol. The topological polar surface area (TPSA) is 101 Å². The van der Waals surface area contributed by atoms with Crippen molar-refractivity contribution in [2.24, 2.45) is 5.92 Å². The molecule has 8 nitrogen and oxygen atoms in total. The summed E-state index contributed by atoms with van der Waals surface area (Å²) in [6.07, 6.45) is 0.624. The average molecular weight is 431 g/mol. The fraction of sp³-hybridized carbons (Fsp3) is 0.476. The number of nitrogens with zero attached hydrogens (tertiary/aromatic N) is 3. The fourth-order valence-corrected chi connectivity index (χ4v) is 5.92. The second-order valence-corrected chi connectivity index (χ2v) is 10.5. The lowest BCUT2D eigenvalue weighted by molar-refractivity contribution is -0.122. The Morgan fingerprint density at radius 3 is 2.70 bits per heavy atom. The molecular formula is C21H26N4O4S. The third-order valence-electron chi connectivity index (χ3n) is 6.03. The summed E-state index contributed by atoms with van der Waals surface area (Å²) < 4.78 is 25.3. The zero-order valence-electron chi connectivity index (χ0n) is 17.4. The van der Waals surface area contributed by atoms with Crippen LogP contribution in [-0.4, -0.2) is 48.1 Å². The number of carbonyl (C=O) groups is 2. The molecule has 0 spiro atoms. The SMILES string of the molecule is Cc1cc(NC(=O)C2CC(=O)N(c3cccc(C)c3C)C2)n(C2CCS(=O)(=O)C2)n1. The average Bonchev–Trinajstić information content (AvgIpc) is 3.34. The number of hydrogen-bond acceptors (Lipinski definition) is 5. The van der Waals surface area contributed by atoms with Crippen LogP contribution in [-0.2, 0) is 19.4 Å². The molecule has 2 unspecified atom stereocenters. The molecule has 2 atom stereocenters. The molecule has 1 aromatic heterocycles. The lowest BCUT2D eigenvalue weighted by atomic mass is 10.1. The Labute approximate surface area is 176 Å². The summed E-state index contributed by atoms with van der Waals surface area (Å²) >= 11 is 0. The van der Waals surface area contributed by atoms with Gasteiger partial charge in [0.2, 0.25) is 11.8 Å². The van der Waals surface area contributed by atoms with Crippen molar-refractivity contribution in [1.82, 2.24) is 9.78 Å². The van der Waals surface area contributed by atoms with Crippen molar-refractivity contribution in [3.05, 3.63) is 41.1 Å². The number of sulfone groups is 1. The molecule has 0 bridgehead atoms. The standard InChI is InChI=1S/C21H26N4O4S/c1-13-5-4-6-18(15(13)3)24-11-16(10-20(24)26)21(27)22-19-9-14(2)23-25(19)17-7-8-30(28,29)12-17/h4-6,9,16-17H,7-8,10-12H2,1-3H3,(H,22,27). The van der Waals surface area contributed by atoms with Crippen molar-refractivity contribution >= 4 is 33.2 Å². The molecule has 160 valence electrons. The Bertz CT molecular complexity index is 1120. The lowest BCUT2D eigenvalue weighted by Crippen LogP contribution is -2.29. The van der Waals surface area contributed by atoms with Crippen LogP contribution < -0.4 is 10.2 Å². The van der Waals surface area contributed by atoms with Gasteiger partial charge in [0.1, 0.15) is 5.82 Å². The van der Waals surface area contributed by atoms with Crippen LogP contribution in [0.25, 0.3) is 0 Å². The van der Waals surface area contributed by atoms with Gasteiger partial charge < -0.3 is 10.2 Å². The molecule has 2 aromatic rings. The number of hydrogen-bond donors (Lipinski definition) is 1. The van der Waals surface area contributed by atoms with E-state index in [0.717, 1.165) is 16.8 Å². The van der Waals surface area contributed by atoms with Crippen molar-refractivity contribution in [1.29, 1.82) is 0 Å². The highest BCUT2D eigenvalue weighted by Crippen LogP contribution is 2.31. The molecule has 2 saturated heterocycles. The van der Waals surface area contributed by atoms with E-state index in [1.54, 1.807) is 22.6 Å². The number of rotatable bonds is 4. The maximum absolute atomic E-state index is 12.9. The Hall–Kier alpha value is -2.68. The van der Waals surface area contributed by atoms with Gasteiger partial charge in [-0.3, -0.25) is 9.59 Å². The van der Waals surface area contributed by atoms with Crippen molar-refractivity contribution in [2.45, 2.75) is 39.7 Å². The van der Waals surface area contributed by atoms with Crippen molar-refractivity contribution in [3.63, 3.8) is 0 Å². The van der Waals surface area contributed by atoms with Crippen molar-refractivity contribution < 1.29 is 18.0 Å². The van der Waals surface area contributed by atoms with E-state index in [4.69, 9.17) is 0 Å². The minimum Gasteiger partial charge on any atom is -0.311 e. The molecule has 2 aliphatic rings. The zero-order valence-corrected chi connectivity index (χ0v) is 18.2. The van der Waals surface area contributed by atoms with Crippen LogP contribution >= 0.6 is 0 Å². The molecule has 3 heterocycles. The maximum Gasteiger partial charge on any atom is 0.230 e. The van der Waals surface area contributed by atoms with E-state index in [-0.39, 0.29) is 35.8 Å². The van der Waals surface area contributed by atoms with Gasteiger partial charge in [0, 0.05) is 24.7 Å². The number of amides is 2. The molecule has 1 aromatic carbocycles. The molecule has 2 aliphatic heterocycles. The Morgan fingerprint density at radius 1 is 1.23 bits per heavy atom. The molecule has 0 aliphatic carbocycles. The first-order valence-electron chi connectivity index (χ1n) is 10.1. The molecule has 30 heavy (non-hydrogen) atoms. The van der Waals surface area contributed by atoms with Gasteiger partial charge in [-0.15, -0.1) is 0 Å². The lowest BCUT2D eigenvalue weighted by Gasteiger charge is -2.20. The number of carbonyl (C=O) groups excluding carboxylic acids is 2. The van der Waals surface area contributed by atoms with Gasteiger partial charge in [0.15, 0.2) is 9.84 Å². The summed E-state index contributed by atoms with van der Waals surface area (Å²) in [5.41, 5.74) is 3.67. The van der Waals surface area contributed by atoms with Crippen molar-refractivity contribution in [3.8, 4) is 0 Å². The molecule has 0 radical (unpaired) electrons. The Morgan fingerprint density at radius 2 is 2.00 bits per heavy atom. The first kappa shape index (κ1) is 20.6. The number of aryl methyl sites for hydroxylation is 2. The van der Waals surface area contributed by atoms with Gasteiger partial charge >= 0.3 is 0 Å². The van der Waals surface area contributed by atoms with E-state index in [2.05, 4.69) is 10.4 Å². The third-order valence-corrected chi connectivity index (χ3v) is 7.78. The molecule has 1 N–H and O–H groups in total. The Balaban J connectivity index is 1.50. The van der Waals surface area contributed by atoms with Gasteiger partial charge in [0.05, 0.1) is 29.2 Å². The molecule has 0 saturated carbocycles. The van der Waals surface area contributed by atoms with Gasteiger partial charge in [-0.1, -0.05) is 12.1 Å². The largest absolute Gasteiger partial charge is 0.311 e. The van der Waals surface area contributed by atoms with E-state index >= 15 is 0 Å². The second-order valence-electron chi connectivity index (χ2n) is 8.29. The predicted molar refractivity (Wildman–Crippen MR) is 114 cm³/mol. The summed E-state index contributed by atoms with van der Waals surface area (Å²) in [5, 5.41) is 7.28. The number of nitrogens with one attached hydrogen (secondary N) is 1. The quantitative estimate of drug-likeness (QED) is 0.801. The van der Waals surface area contributed by atoms with E-state index in [1.807, 2.05) is 32.0 Å². The summed E-state index contributed by atoms with van der Waals surface area (Å²) in [6.45, 7) is 6.09. The number of benzene rings is 1. The van der Waals surface area contributed by atoms with E-state index < -0.39 is 15.8 Å². The predicted octanol–water partition coefficient (Wildman–Crippen LogP) is 2.16. The first-order valence-corrected chi connectivity index (χ1v) is 11.9. The van der Waals surface area contributed by atoms with Crippen LogP contribution in [0.1, 0.15) is 35.7 Å². The summed E-state index contributed by atoms with van der Waals surface area (Å²) in [7, 11) is -3.07. The molecule has 2 fully saturated rings. The highest BCUT2D eigenvalue weighted by Gasteiger charge is 2.37. The van der Waals surface area contributed by atoms with Gasteiger partial charge in [0.25, 0.3) is 0 Å². The maximum atomic E-state index is 12.9. The summed E-state index contributed by atoms with van der Waals surface area (Å²) in [5.74, 6) is -0.162. The van der Waals surface area contributed by atoms with Crippen LogP contribution in [0.15, 0.2) is 24.3 Å². The van der Waals surface area contributed by atoms with Crippen LogP contribution in [0.4, 0.5) is 11.5 Å². The molecule has 2 amide bonds. The van der Waals surface area contributed by atoms with Crippen molar-refractivity contribution in [2.75, 3.05) is 28.3 Å². The third kappa shape index (κ3) is 3.86. The highest BCUT2D eigenvalue weighted by atomic mass is 32.2. The van der Waals surface area contributed by atoms with Crippen LogP contribution in [0.5, 0.6) is 0 Å². The molecular weight excluding hydrogens is 404 g/mol. The zero-order chi connectivity index (χ0) is 21.6. The van der Waals surface area contributed by atoms with Gasteiger partial charge in [-0.25, -0.2) is 13.1 Å². The highest BCUT2D eigenvalue weighted by molar-refractivity contribution is 7.91. The molecule has 9 heteroatoms. The number of anilines is 2. The molecule has 4 rings (SSSR count). The number of aromatic nitrogens is 2. The van der Waals surface area contributed by atoms with Crippen LogP contribution in [0.3, 0.4) is 0 Å². The van der Waals surface area contributed by atoms with Crippen LogP contribution in [0, 0.1) is 26.7 Å². The van der Waals surface area contributed by atoms with E-state index in [9.17, 15) is 18.0 Å². The first-order chi connectivity index (χ1) is 14.1. The fourth-order valence-electron chi connectivity index (χ4n) is 4.23. The summed E-state index contributed by atoms with van der Waals surface area (Å²) in [4.78, 5) is 27.2. The van der Waals surface area contributed by atoms with E-state index in [0.29, 0.717) is 24.5 Å².